The fourth-order valence-electron chi connectivity index (χ4n) is 2.69. The van der Waals surface area contributed by atoms with Crippen LogP contribution < -0.4 is 4.74 Å². The summed E-state index contributed by atoms with van der Waals surface area (Å²) in [4.78, 5) is 6.62. The molecule has 0 bridgehead atoms. The highest BCUT2D eigenvalue weighted by Gasteiger charge is 2.40. The van der Waals surface area contributed by atoms with E-state index in [1.54, 1.807) is 7.11 Å². The minimum absolute atomic E-state index is 0.155. The van der Waals surface area contributed by atoms with Crippen LogP contribution in [0.2, 0.25) is 0 Å². The van der Waals surface area contributed by atoms with Gasteiger partial charge in [-0.25, -0.2) is 8.42 Å². The average molecular weight is 551 g/mol. The number of fused-ring (bicyclic) bond motifs is 2. The van der Waals surface area contributed by atoms with Crippen molar-refractivity contribution in [3.8, 4) is 5.75 Å². The zero-order valence-electron chi connectivity index (χ0n) is 15.7. The van der Waals surface area contributed by atoms with Crippen LogP contribution in [0.1, 0.15) is 0 Å². The quantitative estimate of drug-likeness (QED) is 0.172. The molecule has 164 valence electrons. The van der Waals surface area contributed by atoms with Gasteiger partial charge in [-0.2, -0.15) is 13.2 Å². The van der Waals surface area contributed by atoms with E-state index in [-0.39, 0.29) is 10.9 Å². The summed E-state index contributed by atoms with van der Waals surface area (Å²) in [5.41, 5.74) is -5.65. The number of methoxy groups -OCH3 is 1. The minimum Gasteiger partial charge on any atom is -0.741 e. The summed E-state index contributed by atoms with van der Waals surface area (Å²) in [6.45, 7) is 0. The van der Waals surface area contributed by atoms with Gasteiger partial charge in [0.05, 0.1) is 16.9 Å². The first-order valence-corrected chi connectivity index (χ1v) is 12.7. The molecule has 0 amide bonds. The van der Waals surface area contributed by atoms with E-state index in [9.17, 15) is 13.2 Å². The molecule has 3 aromatic rings. The molecule has 1 aliphatic rings. The Kier molecular flexibility index (Phi) is 7.32. The van der Waals surface area contributed by atoms with Crippen LogP contribution in [0.3, 0.4) is 0 Å². The van der Waals surface area contributed by atoms with Crippen molar-refractivity contribution in [3.63, 3.8) is 0 Å². The molecule has 0 spiro atoms. The lowest BCUT2D eigenvalue weighted by atomic mass is 10.3. The zero-order chi connectivity index (χ0) is 22.8. The molecule has 0 aromatic heterocycles. The second kappa shape index (κ2) is 9.45. The predicted molar refractivity (Wildman–Crippen MR) is 116 cm³/mol. The van der Waals surface area contributed by atoms with Crippen molar-refractivity contribution in [1.82, 2.24) is 0 Å². The molecule has 4 rings (SSSR count). The summed E-state index contributed by atoms with van der Waals surface area (Å²) in [5, 5.41) is 0. The standard InChI is InChI=1S/C19H14BrOS2.CHF3O3S/c1-21-14-11-10-13(20)12-19(14)23-17-8-4-2-6-15(17)22-16-7-3-5-9-18(16)23;2-1(3,4)8(5,6)7/h2-12H,1H3;(H,5,6,7)/q+1;/p-1. The summed E-state index contributed by atoms with van der Waals surface area (Å²) >= 11 is 5.47. The van der Waals surface area contributed by atoms with E-state index in [4.69, 9.17) is 17.7 Å². The molecule has 0 fully saturated rings. The van der Waals surface area contributed by atoms with Crippen LogP contribution in [-0.4, -0.2) is 25.6 Å². The molecule has 0 saturated heterocycles. The first kappa shape index (κ1) is 24.0. The van der Waals surface area contributed by atoms with Gasteiger partial charge in [0, 0.05) is 10.5 Å². The highest BCUT2D eigenvalue weighted by molar-refractivity contribution is 9.10. The van der Waals surface area contributed by atoms with Gasteiger partial charge in [-0.15, -0.1) is 0 Å². The second-order valence-corrected chi connectivity index (χ2v) is 11.3. The number of hydrogen-bond donors (Lipinski definition) is 0. The highest BCUT2D eigenvalue weighted by atomic mass is 79.9. The van der Waals surface area contributed by atoms with Crippen molar-refractivity contribution in [3.05, 3.63) is 71.2 Å². The number of benzene rings is 3. The van der Waals surface area contributed by atoms with Crippen molar-refractivity contribution in [2.45, 2.75) is 30.0 Å². The van der Waals surface area contributed by atoms with Gasteiger partial charge >= 0.3 is 5.51 Å². The SMILES string of the molecule is COc1ccc(Br)cc1[S+]1c2ccccc2Sc2ccccc21.O=S(=O)([O-])C(F)(F)F. The lowest BCUT2D eigenvalue weighted by Crippen LogP contribution is -2.21. The lowest BCUT2D eigenvalue weighted by Gasteiger charge is -2.19. The van der Waals surface area contributed by atoms with Crippen molar-refractivity contribution in [2.24, 2.45) is 0 Å². The highest BCUT2D eigenvalue weighted by Crippen LogP contribution is 2.50. The third kappa shape index (κ3) is 5.40. The molecule has 11 heteroatoms. The maximum Gasteiger partial charge on any atom is 0.485 e. The van der Waals surface area contributed by atoms with Crippen LogP contribution in [-0.2, 0) is 21.0 Å². The first-order valence-electron chi connectivity index (χ1n) is 8.49. The summed E-state index contributed by atoms with van der Waals surface area (Å²) in [6.07, 6.45) is 0. The van der Waals surface area contributed by atoms with E-state index in [2.05, 4.69) is 70.5 Å². The van der Waals surface area contributed by atoms with Gasteiger partial charge in [0.2, 0.25) is 4.90 Å². The van der Waals surface area contributed by atoms with Crippen LogP contribution in [0.25, 0.3) is 0 Å². The molecule has 3 aromatic carbocycles. The molecule has 0 aliphatic carbocycles. The van der Waals surface area contributed by atoms with E-state index in [1.807, 2.05) is 23.9 Å². The van der Waals surface area contributed by atoms with Crippen molar-refractivity contribution >= 4 is 48.7 Å². The van der Waals surface area contributed by atoms with E-state index in [0.717, 1.165) is 10.2 Å². The van der Waals surface area contributed by atoms with Crippen LogP contribution >= 0.6 is 27.7 Å². The Bertz CT molecular complexity index is 1150. The van der Waals surface area contributed by atoms with Crippen molar-refractivity contribution < 1.29 is 30.9 Å². The number of halogens is 4. The lowest BCUT2D eigenvalue weighted by molar-refractivity contribution is -0.0517. The Balaban J connectivity index is 0.000000293. The Labute approximate surface area is 193 Å². The van der Waals surface area contributed by atoms with Crippen LogP contribution in [0, 0.1) is 0 Å². The molecule has 0 unspecified atom stereocenters. The fourth-order valence-corrected chi connectivity index (χ4v) is 7.10. The molecule has 4 nitrogen and oxygen atoms in total. The maximum atomic E-state index is 10.7. The molecule has 31 heavy (non-hydrogen) atoms. The van der Waals surface area contributed by atoms with Gasteiger partial charge in [0.1, 0.15) is 10.9 Å². The van der Waals surface area contributed by atoms with E-state index >= 15 is 0 Å². The second-order valence-electron chi connectivity index (χ2n) is 6.00. The fraction of sp³-hybridized carbons (Fsp3) is 0.100. The Morgan fingerprint density at radius 1 is 0.935 bits per heavy atom. The molecule has 0 atom stereocenters. The van der Waals surface area contributed by atoms with Gasteiger partial charge in [-0.1, -0.05) is 52.0 Å². The van der Waals surface area contributed by atoms with E-state index in [1.165, 1.54) is 24.5 Å². The zero-order valence-corrected chi connectivity index (χ0v) is 19.8. The van der Waals surface area contributed by atoms with Crippen molar-refractivity contribution in [1.29, 1.82) is 0 Å². The molecular formula is C20H14BrF3O4S3. The Morgan fingerprint density at radius 2 is 1.42 bits per heavy atom. The molecule has 0 radical (unpaired) electrons. The van der Waals surface area contributed by atoms with Crippen molar-refractivity contribution in [2.75, 3.05) is 7.11 Å². The Hall–Kier alpha value is -1.66. The summed E-state index contributed by atoms with van der Waals surface area (Å²) < 4.78 is 65.6. The van der Waals surface area contributed by atoms with Gasteiger partial charge < -0.3 is 9.29 Å². The smallest absolute Gasteiger partial charge is 0.485 e. The van der Waals surface area contributed by atoms with E-state index in [0.29, 0.717) is 0 Å². The number of rotatable bonds is 2. The normalized spacial score (nSPS) is 13.5. The number of alkyl halides is 3. The van der Waals surface area contributed by atoms with Gasteiger partial charge in [0.15, 0.2) is 25.7 Å². The molecular weight excluding hydrogens is 537 g/mol. The summed E-state index contributed by atoms with van der Waals surface area (Å²) in [7, 11) is -4.50. The topological polar surface area (TPSA) is 66.4 Å². The van der Waals surface area contributed by atoms with E-state index < -0.39 is 15.6 Å². The predicted octanol–water partition coefficient (Wildman–Crippen LogP) is 6.07. The number of hydrogen-bond acceptors (Lipinski definition) is 5. The third-order valence-corrected chi connectivity index (χ3v) is 8.81. The molecule has 1 aliphatic heterocycles. The molecule has 0 saturated carbocycles. The first-order chi connectivity index (χ1) is 14.5. The monoisotopic (exact) mass is 550 g/mol. The minimum atomic E-state index is -6.09. The van der Waals surface area contributed by atoms with Gasteiger partial charge in [-0.3, -0.25) is 0 Å². The largest absolute Gasteiger partial charge is 0.741 e. The third-order valence-electron chi connectivity index (χ3n) is 3.99. The van der Waals surface area contributed by atoms with Crippen LogP contribution in [0.5, 0.6) is 5.75 Å². The van der Waals surface area contributed by atoms with Crippen LogP contribution in [0.4, 0.5) is 13.2 Å². The molecule has 0 N–H and O–H groups in total. The van der Waals surface area contributed by atoms with Gasteiger partial charge in [0.25, 0.3) is 0 Å². The Morgan fingerprint density at radius 3 is 1.87 bits per heavy atom. The molecule has 1 heterocycles. The average Bonchev–Trinajstić information content (AvgIpc) is 2.71. The number of ether oxygens (including phenoxy) is 1. The van der Waals surface area contributed by atoms with Gasteiger partial charge in [-0.05, 0) is 36.4 Å². The summed E-state index contributed by atoms with van der Waals surface area (Å²) in [6, 6.07) is 23.6. The summed E-state index contributed by atoms with van der Waals surface area (Å²) in [5.74, 6) is 0.938. The van der Waals surface area contributed by atoms with Crippen LogP contribution in [0.15, 0.2) is 95.7 Å². The maximum absolute atomic E-state index is 10.7.